The maximum atomic E-state index is 13.2. The lowest BCUT2D eigenvalue weighted by Gasteiger charge is -2.08. The van der Waals surface area contributed by atoms with Gasteiger partial charge in [0.25, 0.3) is 0 Å². The third-order valence-electron chi connectivity index (χ3n) is 3.03. The lowest BCUT2D eigenvalue weighted by Crippen LogP contribution is -2.05. The van der Waals surface area contributed by atoms with Gasteiger partial charge in [0, 0.05) is 12.2 Å². The second-order valence-corrected chi connectivity index (χ2v) is 4.78. The number of hydrogen-bond donors (Lipinski definition) is 2. The molecule has 3 aromatic rings. The molecule has 0 unspecified atom stereocenters. The van der Waals surface area contributed by atoms with Crippen LogP contribution in [0.4, 0.5) is 26.2 Å². The maximum Gasteiger partial charge on any atom is 0.249 e. The third kappa shape index (κ3) is 4.19. The van der Waals surface area contributed by atoms with E-state index < -0.39 is 0 Å². The van der Waals surface area contributed by atoms with Crippen LogP contribution in [0.25, 0.3) is 0 Å². The number of aromatic nitrogens is 3. The summed E-state index contributed by atoms with van der Waals surface area (Å²) < 4.78 is 26.0. The molecule has 3 rings (SSSR count). The molecule has 5 nitrogen and oxygen atoms in total. The zero-order chi connectivity index (χ0) is 16.1. The molecular formula is C16H13F2N5. The zero-order valence-electron chi connectivity index (χ0n) is 12.0. The molecule has 0 atom stereocenters. The number of benzene rings is 2. The minimum Gasteiger partial charge on any atom is -0.365 e. The summed E-state index contributed by atoms with van der Waals surface area (Å²) in [5, 5.41) is 13.6. The second kappa shape index (κ2) is 6.78. The third-order valence-corrected chi connectivity index (χ3v) is 3.03. The van der Waals surface area contributed by atoms with E-state index in [-0.39, 0.29) is 17.6 Å². The summed E-state index contributed by atoms with van der Waals surface area (Å²) in [6, 6.07) is 12.1. The normalized spacial score (nSPS) is 10.3. The average molecular weight is 313 g/mol. The van der Waals surface area contributed by atoms with Gasteiger partial charge in [-0.1, -0.05) is 18.2 Å². The van der Waals surface area contributed by atoms with E-state index in [1.54, 1.807) is 24.3 Å². The first-order chi connectivity index (χ1) is 11.2. The molecule has 0 bridgehead atoms. The van der Waals surface area contributed by atoms with Gasteiger partial charge in [-0.2, -0.15) is 10.1 Å². The van der Waals surface area contributed by atoms with E-state index >= 15 is 0 Å². The van der Waals surface area contributed by atoms with Crippen molar-refractivity contribution in [3.8, 4) is 0 Å². The van der Waals surface area contributed by atoms with Crippen LogP contribution in [0.3, 0.4) is 0 Å². The summed E-state index contributed by atoms with van der Waals surface area (Å²) in [6.45, 7) is 0.471. The molecule has 0 aliphatic heterocycles. The smallest absolute Gasteiger partial charge is 0.249 e. The molecule has 2 aromatic carbocycles. The van der Waals surface area contributed by atoms with Gasteiger partial charge in [-0.15, -0.1) is 5.10 Å². The second-order valence-electron chi connectivity index (χ2n) is 4.78. The Morgan fingerprint density at radius 1 is 0.957 bits per heavy atom. The van der Waals surface area contributed by atoms with E-state index in [0.29, 0.717) is 18.1 Å². The summed E-state index contributed by atoms with van der Waals surface area (Å²) in [5.74, 6) is 0.121. The van der Waals surface area contributed by atoms with Crippen molar-refractivity contribution < 1.29 is 8.78 Å². The topological polar surface area (TPSA) is 62.7 Å². The molecule has 7 heteroatoms. The Kier molecular flexibility index (Phi) is 4.37. The van der Waals surface area contributed by atoms with Crippen LogP contribution >= 0.6 is 0 Å². The van der Waals surface area contributed by atoms with Crippen LogP contribution in [0.5, 0.6) is 0 Å². The predicted octanol–water partition coefficient (Wildman–Crippen LogP) is 3.51. The predicted molar refractivity (Wildman–Crippen MR) is 83.2 cm³/mol. The molecule has 0 fully saturated rings. The van der Waals surface area contributed by atoms with Crippen molar-refractivity contribution in [3.63, 3.8) is 0 Å². The number of nitrogens with zero attached hydrogens (tertiary/aromatic N) is 3. The number of hydrogen-bond acceptors (Lipinski definition) is 5. The first kappa shape index (κ1) is 14.8. The van der Waals surface area contributed by atoms with Crippen molar-refractivity contribution in [2.75, 3.05) is 10.6 Å². The first-order valence-electron chi connectivity index (χ1n) is 6.90. The lowest BCUT2D eigenvalue weighted by atomic mass is 10.2. The quantitative estimate of drug-likeness (QED) is 0.755. The minimum atomic E-state index is -0.353. The van der Waals surface area contributed by atoms with Crippen LogP contribution in [0.15, 0.2) is 54.7 Å². The van der Waals surface area contributed by atoms with Crippen molar-refractivity contribution >= 4 is 17.5 Å². The fraction of sp³-hybridized carbons (Fsp3) is 0.0625. The van der Waals surface area contributed by atoms with Gasteiger partial charge < -0.3 is 10.6 Å². The molecule has 0 aliphatic rings. The largest absolute Gasteiger partial charge is 0.365 e. The monoisotopic (exact) mass is 313 g/mol. The van der Waals surface area contributed by atoms with Crippen molar-refractivity contribution in [1.29, 1.82) is 0 Å². The first-order valence-corrected chi connectivity index (χ1v) is 6.90. The van der Waals surface area contributed by atoms with Gasteiger partial charge in [0.1, 0.15) is 11.6 Å². The summed E-state index contributed by atoms with van der Waals surface area (Å²) in [5.41, 5.74) is 1.44. The Morgan fingerprint density at radius 3 is 2.57 bits per heavy atom. The molecule has 116 valence electrons. The Morgan fingerprint density at radius 2 is 1.78 bits per heavy atom. The summed E-state index contributed by atoms with van der Waals surface area (Å²) in [6.07, 6.45) is 1.47. The van der Waals surface area contributed by atoms with E-state index in [9.17, 15) is 8.78 Å². The Balaban J connectivity index is 1.66. The average Bonchev–Trinajstić information content (AvgIpc) is 2.55. The van der Waals surface area contributed by atoms with E-state index in [2.05, 4.69) is 25.8 Å². The molecule has 0 saturated carbocycles. The molecule has 0 radical (unpaired) electrons. The molecule has 23 heavy (non-hydrogen) atoms. The van der Waals surface area contributed by atoms with Gasteiger partial charge in [-0.25, -0.2) is 8.78 Å². The highest BCUT2D eigenvalue weighted by Gasteiger charge is 2.02. The van der Waals surface area contributed by atoms with Crippen LogP contribution in [0, 0.1) is 11.6 Å². The SMILES string of the molecule is Fc1ccc(CNc2cnnc(Nc3cccc(F)c3)n2)cc1. The fourth-order valence-electron chi connectivity index (χ4n) is 1.93. The van der Waals surface area contributed by atoms with Gasteiger partial charge in [0.05, 0.1) is 6.20 Å². The maximum absolute atomic E-state index is 13.2. The van der Waals surface area contributed by atoms with Crippen molar-refractivity contribution in [1.82, 2.24) is 15.2 Å². The van der Waals surface area contributed by atoms with Crippen LogP contribution in [0.2, 0.25) is 0 Å². The minimum absolute atomic E-state index is 0.250. The van der Waals surface area contributed by atoms with Crippen LogP contribution in [-0.4, -0.2) is 15.2 Å². The lowest BCUT2D eigenvalue weighted by molar-refractivity contribution is 0.627. The standard InChI is InChI=1S/C16H13F2N5/c17-12-6-4-11(5-7-12)9-19-15-10-20-23-16(22-15)21-14-3-1-2-13(18)8-14/h1-8,10H,9H2,(H2,19,21,22,23). The highest BCUT2D eigenvalue weighted by atomic mass is 19.1. The molecule has 0 spiro atoms. The Labute approximate surface area is 131 Å². The summed E-state index contributed by atoms with van der Waals surface area (Å²) in [4.78, 5) is 4.24. The molecule has 0 amide bonds. The van der Waals surface area contributed by atoms with E-state index in [1.165, 1.54) is 30.5 Å². The van der Waals surface area contributed by atoms with Gasteiger partial charge in [0.2, 0.25) is 5.95 Å². The number of nitrogens with one attached hydrogen (secondary N) is 2. The van der Waals surface area contributed by atoms with Gasteiger partial charge in [-0.05, 0) is 35.9 Å². The zero-order valence-corrected chi connectivity index (χ0v) is 12.0. The molecule has 2 N–H and O–H groups in total. The number of rotatable bonds is 5. The van der Waals surface area contributed by atoms with Gasteiger partial charge in [-0.3, -0.25) is 0 Å². The van der Waals surface area contributed by atoms with Gasteiger partial charge in [0.15, 0.2) is 5.82 Å². The highest BCUT2D eigenvalue weighted by Crippen LogP contribution is 2.15. The van der Waals surface area contributed by atoms with E-state index in [1.807, 2.05) is 0 Å². The molecule has 1 aromatic heterocycles. The van der Waals surface area contributed by atoms with E-state index in [4.69, 9.17) is 0 Å². The molecule has 0 saturated heterocycles. The highest BCUT2D eigenvalue weighted by molar-refractivity contribution is 5.53. The van der Waals surface area contributed by atoms with Crippen LogP contribution in [-0.2, 0) is 6.54 Å². The Bertz CT molecular complexity index is 792. The Hall–Kier alpha value is -3.09. The molecule has 0 aliphatic carbocycles. The van der Waals surface area contributed by atoms with Gasteiger partial charge >= 0.3 is 0 Å². The summed E-state index contributed by atoms with van der Waals surface area (Å²) in [7, 11) is 0. The van der Waals surface area contributed by atoms with E-state index in [0.717, 1.165) is 5.56 Å². The van der Waals surface area contributed by atoms with Crippen molar-refractivity contribution in [3.05, 3.63) is 71.9 Å². The number of halogens is 2. The molecular weight excluding hydrogens is 300 g/mol. The van der Waals surface area contributed by atoms with Crippen molar-refractivity contribution in [2.45, 2.75) is 6.54 Å². The number of anilines is 3. The molecule has 1 heterocycles. The fourth-order valence-corrected chi connectivity index (χ4v) is 1.93. The summed E-state index contributed by atoms with van der Waals surface area (Å²) >= 11 is 0. The van der Waals surface area contributed by atoms with Crippen molar-refractivity contribution in [2.24, 2.45) is 0 Å². The van der Waals surface area contributed by atoms with Crippen LogP contribution < -0.4 is 10.6 Å². The van der Waals surface area contributed by atoms with Crippen LogP contribution in [0.1, 0.15) is 5.56 Å².